The summed E-state index contributed by atoms with van der Waals surface area (Å²) in [6.07, 6.45) is 3.72. The number of nitrogens with zero attached hydrogens (tertiary/aromatic N) is 3. The summed E-state index contributed by atoms with van der Waals surface area (Å²) in [5.41, 5.74) is 1.07. The Morgan fingerprint density at radius 1 is 1.03 bits per heavy atom. The van der Waals surface area contributed by atoms with E-state index in [-0.39, 0.29) is 36.0 Å². The molecule has 2 rings (SSSR count). The highest BCUT2D eigenvalue weighted by Crippen LogP contribution is 2.28. The standard InChI is InChI=1S/C25H42N4O6S/c1-18-14-22(34-7)15-19(2)25(18)36(32,33)28(5)17-23(30)26-16-24(31)29(6)20-8-10-21(11-9-20)35-13-12-27(3)4/h14-15,20-21H,8-13,16-17H2,1-7H3,(H,26,30)/t20-,21-. The highest BCUT2D eigenvalue weighted by atomic mass is 32.2. The SMILES string of the molecule is COc1cc(C)c(S(=O)(=O)N(C)CC(=O)NCC(=O)N(C)[C@H]2CC[C@H](OCCN(C)C)CC2)c(C)c1. The van der Waals surface area contributed by atoms with Gasteiger partial charge in [-0.2, -0.15) is 4.31 Å². The molecule has 36 heavy (non-hydrogen) atoms. The third kappa shape index (κ3) is 8.16. The molecule has 11 heteroatoms. The highest BCUT2D eigenvalue weighted by Gasteiger charge is 2.29. The summed E-state index contributed by atoms with van der Waals surface area (Å²) in [5.74, 6) is -0.172. The lowest BCUT2D eigenvalue weighted by Crippen LogP contribution is -2.47. The second-order valence-corrected chi connectivity index (χ2v) is 11.7. The molecule has 0 unspecified atom stereocenters. The Hall–Kier alpha value is -2.21. The maximum Gasteiger partial charge on any atom is 0.243 e. The molecule has 1 N–H and O–H groups in total. The van der Waals surface area contributed by atoms with E-state index in [1.54, 1.807) is 37.9 Å². The first-order valence-corrected chi connectivity index (χ1v) is 13.7. The number of benzene rings is 1. The molecule has 10 nitrogen and oxygen atoms in total. The summed E-state index contributed by atoms with van der Waals surface area (Å²) in [7, 11) is 4.74. The lowest BCUT2D eigenvalue weighted by molar-refractivity contribution is -0.134. The fourth-order valence-electron chi connectivity index (χ4n) is 4.44. The topological polar surface area (TPSA) is 108 Å². The molecule has 1 aromatic rings. The largest absolute Gasteiger partial charge is 0.497 e. The Bertz CT molecular complexity index is 983. The van der Waals surface area contributed by atoms with Crippen molar-refractivity contribution in [1.29, 1.82) is 0 Å². The van der Waals surface area contributed by atoms with E-state index in [9.17, 15) is 18.0 Å². The molecule has 0 aliphatic heterocycles. The Morgan fingerprint density at radius 3 is 2.14 bits per heavy atom. The van der Waals surface area contributed by atoms with Crippen molar-refractivity contribution in [2.75, 3.05) is 61.5 Å². The number of nitrogens with one attached hydrogen (secondary N) is 1. The molecule has 204 valence electrons. The number of carbonyl (C=O) groups is 2. The highest BCUT2D eigenvalue weighted by molar-refractivity contribution is 7.89. The molecule has 0 spiro atoms. The number of aryl methyl sites for hydroxylation is 2. The van der Waals surface area contributed by atoms with Crippen LogP contribution in [-0.4, -0.2) is 108 Å². The van der Waals surface area contributed by atoms with Crippen molar-refractivity contribution in [3.05, 3.63) is 23.3 Å². The number of rotatable bonds is 12. The van der Waals surface area contributed by atoms with E-state index in [4.69, 9.17) is 9.47 Å². The number of amides is 2. The molecule has 0 radical (unpaired) electrons. The molecule has 1 aliphatic carbocycles. The Kier molecular flexibility index (Phi) is 11.1. The van der Waals surface area contributed by atoms with Crippen molar-refractivity contribution < 1.29 is 27.5 Å². The molecule has 1 aliphatic rings. The average Bonchev–Trinajstić information content (AvgIpc) is 2.81. The number of ether oxygens (including phenoxy) is 2. The predicted octanol–water partition coefficient (Wildman–Crippen LogP) is 1.40. The fraction of sp³-hybridized carbons (Fsp3) is 0.680. The van der Waals surface area contributed by atoms with Crippen LogP contribution in [0, 0.1) is 13.8 Å². The zero-order valence-electron chi connectivity index (χ0n) is 22.7. The van der Waals surface area contributed by atoms with E-state index >= 15 is 0 Å². The van der Waals surface area contributed by atoms with Crippen LogP contribution in [0.1, 0.15) is 36.8 Å². The Balaban J connectivity index is 1.84. The van der Waals surface area contributed by atoms with Crippen LogP contribution in [0.15, 0.2) is 17.0 Å². The summed E-state index contributed by atoms with van der Waals surface area (Å²) >= 11 is 0. The number of hydrogen-bond acceptors (Lipinski definition) is 7. The second-order valence-electron chi connectivity index (χ2n) is 9.74. The van der Waals surface area contributed by atoms with Crippen molar-refractivity contribution >= 4 is 21.8 Å². The van der Waals surface area contributed by atoms with Crippen LogP contribution in [-0.2, 0) is 24.3 Å². The van der Waals surface area contributed by atoms with Gasteiger partial charge in [0.25, 0.3) is 0 Å². The van der Waals surface area contributed by atoms with Crippen LogP contribution in [0.3, 0.4) is 0 Å². The lowest BCUT2D eigenvalue weighted by Gasteiger charge is -2.34. The number of sulfonamides is 1. The van der Waals surface area contributed by atoms with Gasteiger partial charge in [-0.3, -0.25) is 9.59 Å². The van der Waals surface area contributed by atoms with Crippen LogP contribution < -0.4 is 10.1 Å². The van der Waals surface area contributed by atoms with Gasteiger partial charge in [0.15, 0.2) is 0 Å². The first-order valence-electron chi connectivity index (χ1n) is 12.3. The minimum Gasteiger partial charge on any atom is -0.497 e. The maximum absolute atomic E-state index is 13.1. The molecule has 1 saturated carbocycles. The van der Waals surface area contributed by atoms with Gasteiger partial charge in [-0.05, 0) is 76.9 Å². The van der Waals surface area contributed by atoms with Gasteiger partial charge in [0.2, 0.25) is 21.8 Å². The summed E-state index contributed by atoms with van der Waals surface area (Å²) in [5, 5.41) is 2.57. The van der Waals surface area contributed by atoms with Gasteiger partial charge in [-0.1, -0.05) is 0 Å². The number of likely N-dealkylation sites (N-methyl/N-ethyl adjacent to an activating group) is 3. The maximum atomic E-state index is 13.1. The van der Waals surface area contributed by atoms with E-state index < -0.39 is 15.9 Å². The van der Waals surface area contributed by atoms with Crippen LogP contribution in [0.25, 0.3) is 0 Å². The van der Waals surface area contributed by atoms with Crippen molar-refractivity contribution in [2.45, 2.75) is 56.6 Å². The summed E-state index contributed by atoms with van der Waals surface area (Å²) in [6.45, 7) is 4.39. The predicted molar refractivity (Wildman–Crippen MR) is 139 cm³/mol. The third-order valence-electron chi connectivity index (χ3n) is 6.62. The van der Waals surface area contributed by atoms with Gasteiger partial charge >= 0.3 is 0 Å². The lowest BCUT2D eigenvalue weighted by atomic mass is 9.92. The third-order valence-corrected chi connectivity index (χ3v) is 8.73. The molecule has 1 fully saturated rings. The second kappa shape index (κ2) is 13.4. The van der Waals surface area contributed by atoms with Crippen LogP contribution in [0.5, 0.6) is 5.75 Å². The summed E-state index contributed by atoms with van der Waals surface area (Å²) < 4.78 is 38.3. The Morgan fingerprint density at radius 2 is 1.61 bits per heavy atom. The molecule has 0 heterocycles. The summed E-state index contributed by atoms with van der Waals surface area (Å²) in [6, 6.07) is 3.39. The molecule has 0 aromatic heterocycles. The van der Waals surface area contributed by atoms with Crippen LogP contribution >= 0.6 is 0 Å². The van der Waals surface area contributed by atoms with Gasteiger partial charge in [-0.25, -0.2) is 8.42 Å². The van der Waals surface area contributed by atoms with E-state index in [1.807, 2.05) is 14.1 Å². The van der Waals surface area contributed by atoms with Crippen molar-refractivity contribution in [3.63, 3.8) is 0 Å². The molecular formula is C25H42N4O6S. The zero-order chi connectivity index (χ0) is 27.0. The minimum atomic E-state index is -3.90. The molecule has 0 saturated heterocycles. The van der Waals surface area contributed by atoms with Gasteiger partial charge in [0.1, 0.15) is 5.75 Å². The molecule has 0 bridgehead atoms. The fourth-order valence-corrected chi connectivity index (χ4v) is 5.97. The van der Waals surface area contributed by atoms with Gasteiger partial charge < -0.3 is 24.6 Å². The quantitative estimate of drug-likeness (QED) is 0.439. The number of carbonyl (C=O) groups excluding carboxylic acids is 2. The Labute approximate surface area is 215 Å². The van der Waals surface area contributed by atoms with E-state index in [0.29, 0.717) is 23.5 Å². The van der Waals surface area contributed by atoms with Crippen LogP contribution in [0.2, 0.25) is 0 Å². The smallest absolute Gasteiger partial charge is 0.243 e. The molecular weight excluding hydrogens is 484 g/mol. The van der Waals surface area contributed by atoms with E-state index in [2.05, 4.69) is 10.2 Å². The van der Waals surface area contributed by atoms with Crippen molar-refractivity contribution in [3.8, 4) is 5.75 Å². The van der Waals surface area contributed by atoms with Gasteiger partial charge in [-0.15, -0.1) is 0 Å². The van der Waals surface area contributed by atoms with Gasteiger partial charge in [0.05, 0.1) is 37.8 Å². The van der Waals surface area contributed by atoms with Crippen LogP contribution in [0.4, 0.5) is 0 Å². The average molecular weight is 527 g/mol. The number of hydrogen-bond donors (Lipinski definition) is 1. The number of methoxy groups -OCH3 is 1. The first-order chi connectivity index (χ1) is 16.9. The first kappa shape index (κ1) is 30.0. The normalized spacial score (nSPS) is 18.4. The minimum absolute atomic E-state index is 0.104. The molecule has 2 amide bonds. The van der Waals surface area contributed by atoms with Crippen molar-refractivity contribution in [1.82, 2.24) is 19.4 Å². The van der Waals surface area contributed by atoms with E-state index in [0.717, 1.165) is 36.5 Å². The van der Waals surface area contributed by atoms with E-state index in [1.165, 1.54) is 14.2 Å². The van der Waals surface area contributed by atoms with Gasteiger partial charge in [0, 0.05) is 26.7 Å². The zero-order valence-corrected chi connectivity index (χ0v) is 23.5. The van der Waals surface area contributed by atoms with Crippen molar-refractivity contribution in [2.24, 2.45) is 0 Å². The summed E-state index contributed by atoms with van der Waals surface area (Å²) in [4.78, 5) is 29.0. The monoisotopic (exact) mass is 526 g/mol. The molecule has 1 aromatic carbocycles. The molecule has 0 atom stereocenters.